The molecule has 94 valence electrons. The van der Waals surface area contributed by atoms with E-state index in [9.17, 15) is 0 Å². The van der Waals surface area contributed by atoms with E-state index in [2.05, 4.69) is 22.2 Å². The van der Waals surface area contributed by atoms with E-state index in [4.69, 9.17) is 9.47 Å². The van der Waals surface area contributed by atoms with Crippen molar-refractivity contribution >= 4 is 5.82 Å². The van der Waals surface area contributed by atoms with Crippen LogP contribution in [0.1, 0.15) is 18.9 Å². The van der Waals surface area contributed by atoms with Crippen LogP contribution in [-0.2, 0) is 11.2 Å². The minimum Gasteiger partial charge on any atom is -0.477 e. The van der Waals surface area contributed by atoms with E-state index in [1.54, 1.807) is 0 Å². The number of anilines is 1. The van der Waals surface area contributed by atoms with Gasteiger partial charge in [-0.25, -0.2) is 9.97 Å². The summed E-state index contributed by atoms with van der Waals surface area (Å²) in [6.45, 7) is 4.39. The fourth-order valence-corrected chi connectivity index (χ4v) is 1.97. The molecule has 2 rings (SSSR count). The maximum atomic E-state index is 5.78. The predicted molar refractivity (Wildman–Crippen MR) is 65.4 cm³/mol. The molecular weight excluding hydrogens is 218 g/mol. The highest BCUT2D eigenvalue weighted by Gasteiger charge is 2.18. The third-order valence-electron chi connectivity index (χ3n) is 2.98. The number of rotatable bonds is 5. The molecule has 1 aliphatic rings. The molecular formula is C12H19N3O2. The standard InChI is InChI=1S/C12H19N3O2/c1-3-10-11(13-2)14-8-15-12(10)17-7-9-4-5-16-6-9/h8-9H,3-7H2,1-2H3,(H,13,14,15). The highest BCUT2D eigenvalue weighted by molar-refractivity contribution is 5.48. The van der Waals surface area contributed by atoms with Crippen LogP contribution in [-0.4, -0.2) is 36.8 Å². The quantitative estimate of drug-likeness (QED) is 0.841. The molecule has 1 atom stereocenters. The van der Waals surface area contributed by atoms with Gasteiger partial charge >= 0.3 is 0 Å². The van der Waals surface area contributed by atoms with Crippen LogP contribution in [0, 0.1) is 5.92 Å². The molecule has 1 aromatic rings. The van der Waals surface area contributed by atoms with Crippen molar-refractivity contribution in [2.45, 2.75) is 19.8 Å². The molecule has 5 nitrogen and oxygen atoms in total. The molecule has 5 heteroatoms. The first-order valence-corrected chi connectivity index (χ1v) is 6.07. The Morgan fingerprint density at radius 1 is 1.53 bits per heavy atom. The fourth-order valence-electron chi connectivity index (χ4n) is 1.97. The Bertz CT molecular complexity index is 365. The number of aromatic nitrogens is 2. The SMILES string of the molecule is CCc1c(NC)ncnc1OCC1CCOC1. The van der Waals surface area contributed by atoms with Crippen molar-refractivity contribution in [3.63, 3.8) is 0 Å². The van der Waals surface area contributed by atoms with Gasteiger partial charge in [0.05, 0.1) is 18.8 Å². The molecule has 1 aromatic heterocycles. The number of nitrogens with zero attached hydrogens (tertiary/aromatic N) is 2. The zero-order valence-electron chi connectivity index (χ0n) is 10.4. The smallest absolute Gasteiger partial charge is 0.221 e. The Morgan fingerprint density at radius 3 is 3.06 bits per heavy atom. The molecule has 0 aliphatic carbocycles. The molecule has 0 spiro atoms. The summed E-state index contributed by atoms with van der Waals surface area (Å²) in [6, 6.07) is 0. The number of hydrogen-bond donors (Lipinski definition) is 1. The molecule has 0 saturated carbocycles. The van der Waals surface area contributed by atoms with Gasteiger partial charge in [0.2, 0.25) is 5.88 Å². The third kappa shape index (κ3) is 2.85. The monoisotopic (exact) mass is 237 g/mol. The van der Waals surface area contributed by atoms with Gasteiger partial charge in [-0.3, -0.25) is 0 Å². The maximum Gasteiger partial charge on any atom is 0.221 e. The second kappa shape index (κ2) is 5.82. The van der Waals surface area contributed by atoms with E-state index >= 15 is 0 Å². The fraction of sp³-hybridized carbons (Fsp3) is 0.667. The number of ether oxygens (including phenoxy) is 2. The van der Waals surface area contributed by atoms with Crippen LogP contribution in [0.3, 0.4) is 0 Å². The number of nitrogens with one attached hydrogen (secondary N) is 1. The van der Waals surface area contributed by atoms with Crippen LogP contribution in [0.5, 0.6) is 5.88 Å². The Labute approximate surface area is 102 Å². The second-order valence-corrected chi connectivity index (χ2v) is 4.15. The first-order valence-electron chi connectivity index (χ1n) is 6.07. The van der Waals surface area contributed by atoms with Crippen molar-refractivity contribution in [3.8, 4) is 5.88 Å². The van der Waals surface area contributed by atoms with E-state index in [1.165, 1.54) is 6.33 Å². The van der Waals surface area contributed by atoms with Gasteiger partial charge in [0, 0.05) is 19.6 Å². The van der Waals surface area contributed by atoms with Crippen molar-refractivity contribution in [2.24, 2.45) is 5.92 Å². The molecule has 0 radical (unpaired) electrons. The minimum atomic E-state index is 0.493. The number of hydrogen-bond acceptors (Lipinski definition) is 5. The summed E-state index contributed by atoms with van der Waals surface area (Å²) in [5, 5.41) is 3.06. The average Bonchev–Trinajstić information content (AvgIpc) is 2.88. The van der Waals surface area contributed by atoms with Crippen LogP contribution in [0.15, 0.2) is 6.33 Å². The van der Waals surface area contributed by atoms with Gasteiger partial charge in [0.15, 0.2) is 0 Å². The van der Waals surface area contributed by atoms with Gasteiger partial charge in [0.1, 0.15) is 12.1 Å². The van der Waals surface area contributed by atoms with Crippen LogP contribution in [0.2, 0.25) is 0 Å². The molecule has 17 heavy (non-hydrogen) atoms. The molecule has 0 bridgehead atoms. The molecule has 1 N–H and O–H groups in total. The highest BCUT2D eigenvalue weighted by Crippen LogP contribution is 2.23. The van der Waals surface area contributed by atoms with E-state index in [-0.39, 0.29) is 0 Å². The lowest BCUT2D eigenvalue weighted by atomic mass is 10.1. The molecule has 1 saturated heterocycles. The summed E-state index contributed by atoms with van der Waals surface area (Å²) >= 11 is 0. The average molecular weight is 237 g/mol. The van der Waals surface area contributed by atoms with Crippen LogP contribution in [0.4, 0.5) is 5.82 Å². The van der Waals surface area contributed by atoms with E-state index in [0.29, 0.717) is 18.4 Å². The van der Waals surface area contributed by atoms with Crippen molar-refractivity contribution in [1.29, 1.82) is 0 Å². The largest absolute Gasteiger partial charge is 0.477 e. The van der Waals surface area contributed by atoms with Gasteiger partial charge in [-0.05, 0) is 12.8 Å². The lowest BCUT2D eigenvalue weighted by Gasteiger charge is -2.14. The Morgan fingerprint density at radius 2 is 2.41 bits per heavy atom. The topological polar surface area (TPSA) is 56.3 Å². The van der Waals surface area contributed by atoms with Crippen molar-refractivity contribution in [1.82, 2.24) is 9.97 Å². The first-order chi connectivity index (χ1) is 8.35. The maximum absolute atomic E-state index is 5.78. The lowest BCUT2D eigenvalue weighted by molar-refractivity contribution is 0.165. The zero-order valence-corrected chi connectivity index (χ0v) is 10.4. The summed E-state index contributed by atoms with van der Waals surface area (Å²) in [5.41, 5.74) is 1.04. The normalized spacial score (nSPS) is 19.3. The lowest BCUT2D eigenvalue weighted by Crippen LogP contribution is -2.14. The molecule has 1 fully saturated rings. The van der Waals surface area contributed by atoms with Gasteiger partial charge in [0.25, 0.3) is 0 Å². The first kappa shape index (κ1) is 12.1. The van der Waals surface area contributed by atoms with Crippen LogP contribution >= 0.6 is 0 Å². The Hall–Kier alpha value is -1.36. The van der Waals surface area contributed by atoms with Crippen molar-refractivity contribution in [3.05, 3.63) is 11.9 Å². The molecule has 2 heterocycles. The third-order valence-corrected chi connectivity index (χ3v) is 2.98. The Balaban J connectivity index is 2.03. The van der Waals surface area contributed by atoms with Crippen LogP contribution in [0.25, 0.3) is 0 Å². The van der Waals surface area contributed by atoms with Crippen molar-refractivity contribution < 1.29 is 9.47 Å². The zero-order chi connectivity index (χ0) is 12.1. The summed E-state index contributed by atoms with van der Waals surface area (Å²) in [6.07, 6.45) is 3.46. The van der Waals surface area contributed by atoms with Gasteiger partial charge in [-0.2, -0.15) is 0 Å². The van der Waals surface area contributed by atoms with Crippen molar-refractivity contribution in [2.75, 3.05) is 32.2 Å². The summed E-state index contributed by atoms with van der Waals surface area (Å²) < 4.78 is 11.1. The van der Waals surface area contributed by atoms with Gasteiger partial charge in [-0.1, -0.05) is 6.92 Å². The van der Waals surface area contributed by atoms with E-state index in [0.717, 1.165) is 37.4 Å². The summed E-state index contributed by atoms with van der Waals surface area (Å²) in [5.74, 6) is 2.03. The predicted octanol–water partition coefficient (Wildman–Crippen LogP) is 1.50. The molecule has 1 unspecified atom stereocenters. The molecule has 0 amide bonds. The van der Waals surface area contributed by atoms with Crippen LogP contribution < -0.4 is 10.1 Å². The summed E-state index contributed by atoms with van der Waals surface area (Å²) in [4.78, 5) is 8.39. The Kier molecular flexibility index (Phi) is 4.14. The molecule has 1 aliphatic heterocycles. The molecule has 0 aromatic carbocycles. The van der Waals surface area contributed by atoms with E-state index in [1.807, 2.05) is 7.05 Å². The summed E-state index contributed by atoms with van der Waals surface area (Å²) in [7, 11) is 1.86. The minimum absolute atomic E-state index is 0.493. The van der Waals surface area contributed by atoms with Gasteiger partial charge < -0.3 is 14.8 Å². The highest BCUT2D eigenvalue weighted by atomic mass is 16.5. The second-order valence-electron chi connectivity index (χ2n) is 4.15. The van der Waals surface area contributed by atoms with Gasteiger partial charge in [-0.15, -0.1) is 0 Å². The van der Waals surface area contributed by atoms with E-state index < -0.39 is 0 Å².